The highest BCUT2D eigenvalue weighted by molar-refractivity contribution is 5.71. The molecule has 7 nitrogen and oxygen atoms in total. The van der Waals surface area contributed by atoms with Gasteiger partial charge < -0.3 is 9.80 Å². The van der Waals surface area contributed by atoms with Crippen molar-refractivity contribution in [3.8, 4) is 0 Å². The van der Waals surface area contributed by atoms with Crippen LogP contribution in [0, 0.1) is 5.41 Å². The first kappa shape index (κ1) is 22.4. The molecule has 3 fully saturated rings. The van der Waals surface area contributed by atoms with Crippen molar-refractivity contribution in [3.05, 3.63) is 36.3 Å². The predicted molar refractivity (Wildman–Crippen MR) is 118 cm³/mol. The highest BCUT2D eigenvalue weighted by Gasteiger charge is 2.60. The fraction of sp³-hybridized carbons (Fsp3) is 0.565. The Morgan fingerprint density at radius 2 is 1.71 bits per heavy atom. The molecule has 0 atom stereocenters. The first-order valence-corrected chi connectivity index (χ1v) is 11.7. The van der Waals surface area contributed by atoms with Gasteiger partial charge in [-0.05, 0) is 49.7 Å². The van der Waals surface area contributed by atoms with Crippen molar-refractivity contribution in [2.45, 2.75) is 56.8 Å². The normalized spacial score (nSPS) is 21.1. The molecule has 2 saturated heterocycles. The van der Waals surface area contributed by atoms with Crippen molar-refractivity contribution in [2.24, 2.45) is 5.41 Å². The summed E-state index contributed by atoms with van der Waals surface area (Å²) in [5.74, 6) is 1.25. The number of pyridine rings is 1. The van der Waals surface area contributed by atoms with Crippen molar-refractivity contribution in [1.29, 1.82) is 0 Å². The van der Waals surface area contributed by atoms with Crippen molar-refractivity contribution in [3.63, 3.8) is 0 Å². The number of nitrogens with zero attached hydrogens (tertiary/aromatic N) is 7. The van der Waals surface area contributed by atoms with Crippen LogP contribution in [-0.4, -0.2) is 56.3 Å². The molecule has 0 N–H and O–H groups in total. The number of hydrogen-bond donors (Lipinski definition) is 0. The van der Waals surface area contributed by atoms with E-state index in [2.05, 4.69) is 29.9 Å². The Kier molecular flexibility index (Phi) is 4.95. The summed E-state index contributed by atoms with van der Waals surface area (Å²) in [6.45, 7) is 1.73. The monoisotopic (exact) mass is 493 g/mol. The summed E-state index contributed by atoms with van der Waals surface area (Å²) >= 11 is 0. The van der Waals surface area contributed by atoms with Gasteiger partial charge in [0.05, 0.1) is 18.0 Å². The molecule has 0 bridgehead atoms. The number of anilines is 2. The Labute approximate surface area is 198 Å². The van der Waals surface area contributed by atoms with E-state index in [4.69, 9.17) is 0 Å². The number of halogens is 5. The third kappa shape index (κ3) is 3.96. The van der Waals surface area contributed by atoms with Gasteiger partial charge in [0.2, 0.25) is 0 Å². The van der Waals surface area contributed by atoms with Crippen LogP contribution in [0.15, 0.2) is 30.7 Å². The molecule has 5 heterocycles. The lowest BCUT2D eigenvalue weighted by Gasteiger charge is -2.39. The lowest BCUT2D eigenvalue weighted by molar-refractivity contribution is -0.137. The molecule has 0 aromatic carbocycles. The maximum atomic E-state index is 13.0. The van der Waals surface area contributed by atoms with Crippen LogP contribution in [0.5, 0.6) is 0 Å². The molecule has 1 aliphatic carbocycles. The summed E-state index contributed by atoms with van der Waals surface area (Å²) in [4.78, 5) is 17.4. The number of piperidine rings is 1. The van der Waals surface area contributed by atoms with Gasteiger partial charge in [0.1, 0.15) is 23.7 Å². The molecule has 3 aliphatic rings. The van der Waals surface area contributed by atoms with Crippen LogP contribution in [0.2, 0.25) is 0 Å². The summed E-state index contributed by atoms with van der Waals surface area (Å²) in [5, 5.41) is 3.98. The summed E-state index contributed by atoms with van der Waals surface area (Å²) in [7, 11) is 0. The molecular weight excluding hydrogens is 469 g/mol. The van der Waals surface area contributed by atoms with Gasteiger partial charge in [0.15, 0.2) is 5.65 Å². The number of hydrogen-bond acceptors (Lipinski definition) is 6. The second-order valence-corrected chi connectivity index (χ2v) is 10.0. The van der Waals surface area contributed by atoms with Crippen LogP contribution in [0.1, 0.15) is 37.7 Å². The Morgan fingerprint density at radius 3 is 2.34 bits per heavy atom. The molecule has 3 aromatic heterocycles. The second kappa shape index (κ2) is 7.72. The topological polar surface area (TPSA) is 63.0 Å². The van der Waals surface area contributed by atoms with Gasteiger partial charge in [-0.15, -0.1) is 0 Å². The summed E-state index contributed by atoms with van der Waals surface area (Å²) in [6.07, 6.45) is 1.96. The SMILES string of the molecule is FC(F)Cn1ncc2ncc(N3CCC4(CC3)CN(c3ccc(C(F)(F)F)cn3)C3(CC3)C4)nc21. The van der Waals surface area contributed by atoms with Crippen LogP contribution in [0.3, 0.4) is 0 Å². The fourth-order valence-electron chi connectivity index (χ4n) is 5.78. The van der Waals surface area contributed by atoms with E-state index in [-0.39, 0.29) is 11.0 Å². The molecule has 2 aliphatic heterocycles. The van der Waals surface area contributed by atoms with E-state index in [1.165, 1.54) is 16.9 Å². The quantitative estimate of drug-likeness (QED) is 0.498. The van der Waals surface area contributed by atoms with Gasteiger partial charge in [-0.3, -0.25) is 0 Å². The van der Waals surface area contributed by atoms with Crippen LogP contribution in [0.4, 0.5) is 33.6 Å². The van der Waals surface area contributed by atoms with E-state index >= 15 is 0 Å². The fourth-order valence-corrected chi connectivity index (χ4v) is 5.78. The zero-order valence-electron chi connectivity index (χ0n) is 18.8. The van der Waals surface area contributed by atoms with E-state index in [0.717, 1.165) is 64.0 Å². The largest absolute Gasteiger partial charge is 0.417 e. The molecule has 0 radical (unpaired) electrons. The van der Waals surface area contributed by atoms with E-state index in [1.807, 2.05) is 0 Å². The number of alkyl halides is 5. The molecule has 12 heteroatoms. The number of rotatable bonds is 4. The first-order valence-electron chi connectivity index (χ1n) is 11.7. The average Bonchev–Trinajstić information content (AvgIpc) is 3.38. The molecule has 186 valence electrons. The van der Waals surface area contributed by atoms with Crippen molar-refractivity contribution < 1.29 is 22.0 Å². The lowest BCUT2D eigenvalue weighted by atomic mass is 9.76. The van der Waals surface area contributed by atoms with Gasteiger partial charge in [-0.2, -0.15) is 18.3 Å². The molecule has 35 heavy (non-hydrogen) atoms. The Balaban J connectivity index is 1.17. The van der Waals surface area contributed by atoms with Crippen molar-refractivity contribution >= 4 is 22.8 Å². The molecule has 2 spiro atoms. The summed E-state index contributed by atoms with van der Waals surface area (Å²) in [6, 6.07) is 2.60. The lowest BCUT2D eigenvalue weighted by Crippen LogP contribution is -2.42. The predicted octanol–water partition coefficient (Wildman–Crippen LogP) is 4.53. The van der Waals surface area contributed by atoms with Crippen LogP contribution >= 0.6 is 0 Å². The average molecular weight is 493 g/mol. The van der Waals surface area contributed by atoms with E-state index in [9.17, 15) is 22.0 Å². The molecule has 6 rings (SSSR count). The highest BCUT2D eigenvalue weighted by Crippen LogP contribution is 2.59. The molecular formula is C23H24F5N7. The van der Waals surface area contributed by atoms with E-state index in [1.54, 1.807) is 6.20 Å². The minimum absolute atomic E-state index is 0.00456. The van der Waals surface area contributed by atoms with Gasteiger partial charge in [-0.25, -0.2) is 28.4 Å². The summed E-state index contributed by atoms with van der Waals surface area (Å²) < 4.78 is 65.8. The Bertz CT molecular complexity index is 1230. The smallest absolute Gasteiger partial charge is 0.355 e. The number of aromatic nitrogens is 5. The minimum atomic E-state index is -4.40. The first-order chi connectivity index (χ1) is 16.7. The highest BCUT2D eigenvalue weighted by atomic mass is 19.4. The third-order valence-corrected chi connectivity index (χ3v) is 7.74. The van der Waals surface area contributed by atoms with Crippen molar-refractivity contribution in [2.75, 3.05) is 29.4 Å². The van der Waals surface area contributed by atoms with Crippen molar-refractivity contribution in [1.82, 2.24) is 24.7 Å². The van der Waals surface area contributed by atoms with Gasteiger partial charge >= 0.3 is 6.18 Å². The third-order valence-electron chi connectivity index (χ3n) is 7.74. The maximum Gasteiger partial charge on any atom is 0.417 e. The Hall–Kier alpha value is -3.05. The molecule has 3 aromatic rings. The zero-order valence-corrected chi connectivity index (χ0v) is 18.8. The number of fused-ring (bicyclic) bond motifs is 1. The Morgan fingerprint density at radius 1 is 0.943 bits per heavy atom. The minimum Gasteiger partial charge on any atom is -0.355 e. The van der Waals surface area contributed by atoms with E-state index in [0.29, 0.717) is 22.8 Å². The standard InChI is InChI=1S/C23H24F5N7/c24-17(25)12-35-20-16(10-31-35)29-11-19(32-20)33-7-5-21(6-8-33)13-22(3-4-22)34(14-21)18-2-1-15(9-30-18)23(26,27)28/h1-2,9-11,17H,3-8,12-14H2. The van der Waals surface area contributed by atoms with E-state index < -0.39 is 24.7 Å². The van der Waals surface area contributed by atoms with Crippen LogP contribution in [-0.2, 0) is 12.7 Å². The maximum absolute atomic E-state index is 13.0. The zero-order chi connectivity index (χ0) is 24.4. The summed E-state index contributed by atoms with van der Waals surface area (Å²) in [5.41, 5.74) is 0.151. The molecule has 0 unspecified atom stereocenters. The van der Waals surface area contributed by atoms with Gasteiger partial charge in [0.25, 0.3) is 6.43 Å². The second-order valence-electron chi connectivity index (χ2n) is 10.0. The van der Waals surface area contributed by atoms with Gasteiger partial charge in [-0.1, -0.05) is 0 Å². The van der Waals surface area contributed by atoms with Gasteiger partial charge in [0, 0.05) is 31.4 Å². The molecule has 1 saturated carbocycles. The van der Waals surface area contributed by atoms with Crippen LogP contribution < -0.4 is 9.80 Å². The van der Waals surface area contributed by atoms with Crippen LogP contribution in [0.25, 0.3) is 11.2 Å². The molecule has 0 amide bonds.